The average molecular weight is 327 g/mol. The van der Waals surface area contributed by atoms with E-state index in [2.05, 4.69) is 26.0 Å². The lowest BCUT2D eigenvalue weighted by Gasteiger charge is -2.23. The first-order valence-electron chi connectivity index (χ1n) is 8.25. The van der Waals surface area contributed by atoms with Gasteiger partial charge in [0.1, 0.15) is 12.4 Å². The van der Waals surface area contributed by atoms with Gasteiger partial charge >= 0.3 is 0 Å². The third-order valence-electron chi connectivity index (χ3n) is 4.32. The summed E-state index contributed by atoms with van der Waals surface area (Å²) < 4.78 is 5.97. The van der Waals surface area contributed by atoms with Gasteiger partial charge in [-0.1, -0.05) is 50.2 Å². The lowest BCUT2D eigenvalue weighted by molar-refractivity contribution is -0.135. The molecule has 1 atom stereocenters. The average Bonchev–Trinajstić information content (AvgIpc) is 2.59. The molecule has 0 aliphatic heterocycles. The Labute approximate surface area is 143 Å². The standard InChI is InChI=1S/C20H25NO3/c1-4-14-10-11-18(15(5-2)12-14)24-13-16-8-6-7-9-17(16)20(3,23)19(21)22/h6-12,23H,4-5,13H2,1-3H3,(H2,21,22). The first-order valence-corrected chi connectivity index (χ1v) is 8.25. The lowest BCUT2D eigenvalue weighted by atomic mass is 9.91. The van der Waals surface area contributed by atoms with Crippen LogP contribution in [-0.4, -0.2) is 11.0 Å². The zero-order valence-corrected chi connectivity index (χ0v) is 14.5. The molecular formula is C20H25NO3. The molecule has 0 saturated carbocycles. The van der Waals surface area contributed by atoms with Gasteiger partial charge in [-0.25, -0.2) is 0 Å². The summed E-state index contributed by atoms with van der Waals surface area (Å²) in [5, 5.41) is 10.4. The highest BCUT2D eigenvalue weighted by atomic mass is 16.5. The summed E-state index contributed by atoms with van der Waals surface area (Å²) >= 11 is 0. The fraction of sp³-hybridized carbons (Fsp3) is 0.350. The van der Waals surface area contributed by atoms with E-state index in [1.165, 1.54) is 12.5 Å². The predicted molar refractivity (Wildman–Crippen MR) is 94.7 cm³/mol. The van der Waals surface area contributed by atoms with Crippen LogP contribution in [0.2, 0.25) is 0 Å². The molecule has 24 heavy (non-hydrogen) atoms. The van der Waals surface area contributed by atoms with E-state index in [9.17, 15) is 9.90 Å². The molecule has 2 aromatic carbocycles. The van der Waals surface area contributed by atoms with Crippen molar-refractivity contribution in [2.75, 3.05) is 0 Å². The summed E-state index contributed by atoms with van der Waals surface area (Å²) in [6.07, 6.45) is 1.86. The first-order chi connectivity index (χ1) is 11.4. The number of aryl methyl sites for hydroxylation is 2. The van der Waals surface area contributed by atoms with E-state index in [0.29, 0.717) is 5.56 Å². The fourth-order valence-electron chi connectivity index (χ4n) is 2.68. The quantitative estimate of drug-likeness (QED) is 0.821. The van der Waals surface area contributed by atoms with Crippen molar-refractivity contribution in [3.63, 3.8) is 0 Å². The summed E-state index contributed by atoms with van der Waals surface area (Å²) in [6, 6.07) is 13.3. The summed E-state index contributed by atoms with van der Waals surface area (Å²) in [5.41, 5.74) is 7.24. The Morgan fingerprint density at radius 2 is 1.83 bits per heavy atom. The van der Waals surface area contributed by atoms with Crippen LogP contribution in [0.5, 0.6) is 5.75 Å². The molecule has 1 amide bonds. The Kier molecular flexibility index (Phi) is 5.62. The highest BCUT2D eigenvalue weighted by Crippen LogP contribution is 2.27. The third kappa shape index (κ3) is 3.77. The molecular weight excluding hydrogens is 302 g/mol. The van der Waals surface area contributed by atoms with Crippen LogP contribution in [0.25, 0.3) is 0 Å². The van der Waals surface area contributed by atoms with Gasteiger partial charge < -0.3 is 15.6 Å². The van der Waals surface area contributed by atoms with Gasteiger partial charge in [0, 0.05) is 0 Å². The van der Waals surface area contributed by atoms with E-state index in [1.54, 1.807) is 12.1 Å². The zero-order valence-electron chi connectivity index (χ0n) is 14.5. The van der Waals surface area contributed by atoms with Crippen molar-refractivity contribution < 1.29 is 14.6 Å². The molecule has 3 N–H and O–H groups in total. The minimum absolute atomic E-state index is 0.262. The second kappa shape index (κ2) is 7.49. The highest BCUT2D eigenvalue weighted by molar-refractivity contribution is 5.84. The fourth-order valence-corrected chi connectivity index (χ4v) is 2.68. The molecule has 128 valence electrons. The molecule has 0 radical (unpaired) electrons. The Balaban J connectivity index is 2.26. The molecule has 0 bridgehead atoms. The molecule has 2 aromatic rings. The van der Waals surface area contributed by atoms with Gasteiger partial charge in [-0.05, 0) is 48.1 Å². The highest BCUT2D eigenvalue weighted by Gasteiger charge is 2.32. The van der Waals surface area contributed by atoms with E-state index in [1.807, 2.05) is 18.2 Å². The van der Waals surface area contributed by atoms with E-state index in [4.69, 9.17) is 10.5 Å². The topological polar surface area (TPSA) is 72.6 Å². The molecule has 0 heterocycles. The third-order valence-corrected chi connectivity index (χ3v) is 4.32. The number of carbonyl (C=O) groups excluding carboxylic acids is 1. The molecule has 0 aliphatic rings. The van der Waals surface area contributed by atoms with Gasteiger partial charge in [0.25, 0.3) is 5.91 Å². The number of aliphatic hydroxyl groups is 1. The number of amides is 1. The van der Waals surface area contributed by atoms with Crippen LogP contribution in [0, 0.1) is 0 Å². The van der Waals surface area contributed by atoms with Gasteiger partial charge in [-0.15, -0.1) is 0 Å². The minimum atomic E-state index is -1.72. The van der Waals surface area contributed by atoms with Crippen LogP contribution in [0.4, 0.5) is 0 Å². The smallest absolute Gasteiger partial charge is 0.253 e. The second-order valence-corrected chi connectivity index (χ2v) is 6.03. The minimum Gasteiger partial charge on any atom is -0.489 e. The lowest BCUT2D eigenvalue weighted by Crippen LogP contribution is -2.39. The summed E-state index contributed by atoms with van der Waals surface area (Å²) in [5.74, 6) is 0.0414. The molecule has 4 heteroatoms. The van der Waals surface area contributed by atoms with E-state index >= 15 is 0 Å². The molecule has 0 spiro atoms. The van der Waals surface area contributed by atoms with Crippen molar-refractivity contribution >= 4 is 5.91 Å². The number of rotatable bonds is 7. The molecule has 0 saturated heterocycles. The number of hydrogen-bond donors (Lipinski definition) is 2. The second-order valence-electron chi connectivity index (χ2n) is 6.03. The largest absolute Gasteiger partial charge is 0.489 e. The van der Waals surface area contributed by atoms with E-state index < -0.39 is 11.5 Å². The summed E-state index contributed by atoms with van der Waals surface area (Å²) in [7, 11) is 0. The van der Waals surface area contributed by atoms with E-state index in [-0.39, 0.29) is 6.61 Å². The van der Waals surface area contributed by atoms with Crippen LogP contribution in [0.1, 0.15) is 43.0 Å². The number of nitrogens with two attached hydrogens (primary N) is 1. The van der Waals surface area contributed by atoms with E-state index in [0.717, 1.165) is 29.7 Å². The molecule has 0 aromatic heterocycles. The van der Waals surface area contributed by atoms with Gasteiger partial charge in [-0.3, -0.25) is 4.79 Å². The Morgan fingerprint density at radius 1 is 1.12 bits per heavy atom. The number of benzene rings is 2. The molecule has 1 unspecified atom stereocenters. The molecule has 2 rings (SSSR count). The number of hydrogen-bond acceptors (Lipinski definition) is 3. The summed E-state index contributed by atoms with van der Waals surface area (Å²) in [6.45, 7) is 5.88. The summed E-state index contributed by atoms with van der Waals surface area (Å²) in [4.78, 5) is 11.6. The maximum Gasteiger partial charge on any atom is 0.253 e. The molecule has 0 aliphatic carbocycles. The van der Waals surface area contributed by atoms with Crippen molar-refractivity contribution in [2.24, 2.45) is 5.73 Å². The number of ether oxygens (including phenoxy) is 1. The Hall–Kier alpha value is -2.33. The van der Waals surface area contributed by atoms with Crippen LogP contribution >= 0.6 is 0 Å². The zero-order chi connectivity index (χ0) is 17.7. The normalized spacial score (nSPS) is 13.3. The van der Waals surface area contributed by atoms with Gasteiger partial charge in [-0.2, -0.15) is 0 Å². The SMILES string of the molecule is CCc1ccc(OCc2ccccc2C(C)(O)C(N)=O)c(CC)c1. The van der Waals surface area contributed by atoms with Gasteiger partial charge in [0.2, 0.25) is 0 Å². The van der Waals surface area contributed by atoms with Crippen LogP contribution in [0.3, 0.4) is 0 Å². The molecule has 0 fully saturated rings. The van der Waals surface area contributed by atoms with Crippen molar-refractivity contribution in [1.82, 2.24) is 0 Å². The van der Waals surface area contributed by atoms with Crippen LogP contribution in [0.15, 0.2) is 42.5 Å². The molecule has 4 nitrogen and oxygen atoms in total. The number of primary amides is 1. The number of carbonyl (C=O) groups is 1. The van der Waals surface area contributed by atoms with Gasteiger partial charge in [0.15, 0.2) is 5.60 Å². The van der Waals surface area contributed by atoms with Crippen molar-refractivity contribution in [3.8, 4) is 5.75 Å². The Morgan fingerprint density at radius 3 is 2.46 bits per heavy atom. The van der Waals surface area contributed by atoms with Crippen molar-refractivity contribution in [2.45, 2.75) is 45.8 Å². The Bertz CT molecular complexity index is 723. The maximum atomic E-state index is 11.6. The predicted octanol–water partition coefficient (Wildman–Crippen LogP) is 3.08. The first kappa shape index (κ1) is 18.0. The monoisotopic (exact) mass is 327 g/mol. The maximum absolute atomic E-state index is 11.6. The van der Waals surface area contributed by atoms with Crippen molar-refractivity contribution in [1.29, 1.82) is 0 Å². The van der Waals surface area contributed by atoms with Crippen LogP contribution in [-0.2, 0) is 29.8 Å². The van der Waals surface area contributed by atoms with Crippen molar-refractivity contribution in [3.05, 3.63) is 64.7 Å². The van der Waals surface area contributed by atoms with Gasteiger partial charge in [0.05, 0.1) is 0 Å². The van der Waals surface area contributed by atoms with Crippen LogP contribution < -0.4 is 10.5 Å².